The highest BCUT2D eigenvalue weighted by Gasteiger charge is 2.17. The van der Waals surface area contributed by atoms with Gasteiger partial charge in [0.2, 0.25) is 5.91 Å². The molecular weight excluding hydrogens is 170 g/mol. The topological polar surface area (TPSA) is 70.6 Å². The molecule has 0 fully saturated rings. The molecule has 1 heterocycles. The van der Waals surface area contributed by atoms with E-state index in [0.717, 1.165) is 6.42 Å². The molecule has 5 nitrogen and oxygen atoms in total. The van der Waals surface area contributed by atoms with E-state index >= 15 is 0 Å². The summed E-state index contributed by atoms with van der Waals surface area (Å²) in [7, 11) is 0. The van der Waals surface area contributed by atoms with Crippen LogP contribution in [0.2, 0.25) is 0 Å². The molecule has 0 radical (unpaired) electrons. The van der Waals surface area contributed by atoms with Crippen molar-refractivity contribution < 1.29 is 9.59 Å². The first-order valence-electron chi connectivity index (χ1n) is 4.37. The van der Waals surface area contributed by atoms with Crippen LogP contribution < -0.4 is 10.7 Å². The maximum absolute atomic E-state index is 11.3. The molecule has 0 spiro atoms. The molecule has 1 rings (SSSR count). The molecule has 0 bridgehead atoms. The highest BCUT2D eigenvalue weighted by Crippen LogP contribution is 1.99. The van der Waals surface area contributed by atoms with Crippen molar-refractivity contribution in [3.05, 3.63) is 0 Å². The Bertz CT molecular complexity index is 248. The Kier molecular flexibility index (Phi) is 3.42. The van der Waals surface area contributed by atoms with E-state index in [1.165, 1.54) is 0 Å². The second-order valence-corrected chi connectivity index (χ2v) is 2.85. The van der Waals surface area contributed by atoms with Gasteiger partial charge in [-0.2, -0.15) is 5.10 Å². The minimum Gasteiger partial charge on any atom is -0.351 e. The van der Waals surface area contributed by atoms with Gasteiger partial charge in [0.05, 0.1) is 0 Å². The van der Waals surface area contributed by atoms with Crippen LogP contribution in [0.25, 0.3) is 0 Å². The standard InChI is InChI=1S/C8H13N3O2/c1-2-5-9-8(13)6-3-4-7(12)11-10-6/h2-5H2,1H3,(H,9,13)(H,11,12). The van der Waals surface area contributed by atoms with Gasteiger partial charge in [-0.25, -0.2) is 5.43 Å². The predicted octanol–water partition coefficient (Wildman–Crippen LogP) is -0.221. The second kappa shape index (κ2) is 4.59. The van der Waals surface area contributed by atoms with Crippen molar-refractivity contribution in [2.45, 2.75) is 26.2 Å². The van der Waals surface area contributed by atoms with Crippen LogP contribution in [0.1, 0.15) is 26.2 Å². The number of hydrogen-bond donors (Lipinski definition) is 2. The largest absolute Gasteiger partial charge is 0.351 e. The van der Waals surface area contributed by atoms with Crippen LogP contribution in [0.15, 0.2) is 5.10 Å². The number of hydrogen-bond acceptors (Lipinski definition) is 3. The maximum Gasteiger partial charge on any atom is 0.267 e. The zero-order chi connectivity index (χ0) is 9.68. The van der Waals surface area contributed by atoms with Crippen LogP contribution >= 0.6 is 0 Å². The highest BCUT2D eigenvalue weighted by molar-refractivity contribution is 6.39. The van der Waals surface area contributed by atoms with E-state index < -0.39 is 0 Å². The number of nitrogens with one attached hydrogen (secondary N) is 2. The fourth-order valence-electron chi connectivity index (χ4n) is 0.978. The molecule has 0 aromatic heterocycles. The third-order valence-corrected chi connectivity index (χ3v) is 1.70. The summed E-state index contributed by atoms with van der Waals surface area (Å²) < 4.78 is 0. The molecule has 2 amide bonds. The first kappa shape index (κ1) is 9.70. The molecule has 0 atom stereocenters. The summed E-state index contributed by atoms with van der Waals surface area (Å²) in [6, 6.07) is 0. The zero-order valence-electron chi connectivity index (χ0n) is 7.59. The monoisotopic (exact) mass is 183 g/mol. The molecule has 1 aliphatic heterocycles. The molecule has 0 aromatic carbocycles. The lowest BCUT2D eigenvalue weighted by atomic mass is 10.1. The SMILES string of the molecule is CCCNC(=O)C1=NNC(=O)CC1. The molecule has 0 aliphatic carbocycles. The van der Waals surface area contributed by atoms with Crippen molar-refractivity contribution in [1.29, 1.82) is 0 Å². The van der Waals surface area contributed by atoms with Crippen molar-refractivity contribution in [2.24, 2.45) is 5.10 Å². The van der Waals surface area contributed by atoms with Crippen molar-refractivity contribution >= 4 is 17.5 Å². The van der Waals surface area contributed by atoms with Crippen LogP contribution in [0, 0.1) is 0 Å². The number of carbonyl (C=O) groups is 2. The molecule has 5 heteroatoms. The summed E-state index contributed by atoms with van der Waals surface area (Å²) >= 11 is 0. The van der Waals surface area contributed by atoms with Crippen molar-refractivity contribution in [3.8, 4) is 0 Å². The van der Waals surface area contributed by atoms with Gasteiger partial charge < -0.3 is 5.32 Å². The van der Waals surface area contributed by atoms with Gasteiger partial charge in [0.15, 0.2) is 0 Å². The number of amides is 2. The van der Waals surface area contributed by atoms with Gasteiger partial charge in [0, 0.05) is 19.4 Å². The van der Waals surface area contributed by atoms with Gasteiger partial charge in [0.1, 0.15) is 5.71 Å². The number of nitrogens with zero attached hydrogens (tertiary/aromatic N) is 1. The minimum absolute atomic E-state index is 0.132. The maximum atomic E-state index is 11.3. The Balaban J connectivity index is 2.43. The molecule has 1 aliphatic rings. The van der Waals surface area contributed by atoms with E-state index in [-0.39, 0.29) is 11.8 Å². The lowest BCUT2D eigenvalue weighted by Gasteiger charge is -2.11. The normalized spacial score (nSPS) is 16.1. The summed E-state index contributed by atoms with van der Waals surface area (Å²) in [5.74, 6) is -0.311. The summed E-state index contributed by atoms with van der Waals surface area (Å²) in [4.78, 5) is 22.0. The van der Waals surface area contributed by atoms with Gasteiger partial charge >= 0.3 is 0 Å². The number of hydrazone groups is 1. The Morgan fingerprint density at radius 3 is 2.92 bits per heavy atom. The quantitative estimate of drug-likeness (QED) is 0.635. The van der Waals surface area contributed by atoms with E-state index in [1.807, 2.05) is 6.92 Å². The van der Waals surface area contributed by atoms with E-state index in [2.05, 4.69) is 15.8 Å². The van der Waals surface area contributed by atoms with Gasteiger partial charge in [-0.3, -0.25) is 9.59 Å². The Labute approximate surface area is 76.6 Å². The third kappa shape index (κ3) is 2.85. The minimum atomic E-state index is -0.179. The van der Waals surface area contributed by atoms with E-state index in [9.17, 15) is 9.59 Å². The van der Waals surface area contributed by atoms with E-state index in [4.69, 9.17) is 0 Å². The number of rotatable bonds is 3. The van der Waals surface area contributed by atoms with Crippen LogP contribution in [-0.2, 0) is 9.59 Å². The Hall–Kier alpha value is -1.39. The molecule has 72 valence electrons. The summed E-state index contributed by atoms with van der Waals surface area (Å²) in [5.41, 5.74) is 2.69. The third-order valence-electron chi connectivity index (χ3n) is 1.70. The average Bonchev–Trinajstić information content (AvgIpc) is 2.15. The van der Waals surface area contributed by atoms with Gasteiger partial charge in [-0.05, 0) is 6.42 Å². The average molecular weight is 183 g/mol. The lowest BCUT2D eigenvalue weighted by Crippen LogP contribution is -2.37. The molecule has 2 N–H and O–H groups in total. The van der Waals surface area contributed by atoms with Gasteiger partial charge in [0.25, 0.3) is 5.91 Å². The van der Waals surface area contributed by atoms with Gasteiger partial charge in [-0.15, -0.1) is 0 Å². The summed E-state index contributed by atoms with van der Waals surface area (Å²) in [6.45, 7) is 2.62. The molecular formula is C8H13N3O2. The lowest BCUT2D eigenvalue weighted by molar-refractivity contribution is -0.121. The summed E-state index contributed by atoms with van der Waals surface area (Å²) in [5, 5.41) is 6.36. The molecule has 0 unspecified atom stereocenters. The van der Waals surface area contributed by atoms with Crippen LogP contribution in [0.4, 0.5) is 0 Å². The zero-order valence-corrected chi connectivity index (χ0v) is 7.59. The second-order valence-electron chi connectivity index (χ2n) is 2.85. The fraction of sp³-hybridized carbons (Fsp3) is 0.625. The molecule has 13 heavy (non-hydrogen) atoms. The van der Waals surface area contributed by atoms with Crippen molar-refractivity contribution in [2.75, 3.05) is 6.54 Å². The fourth-order valence-corrected chi connectivity index (χ4v) is 0.978. The summed E-state index contributed by atoms with van der Waals surface area (Å²) in [6.07, 6.45) is 1.67. The van der Waals surface area contributed by atoms with Crippen LogP contribution in [-0.4, -0.2) is 24.1 Å². The van der Waals surface area contributed by atoms with Crippen LogP contribution in [0.5, 0.6) is 0 Å². The number of carbonyl (C=O) groups excluding carboxylic acids is 2. The van der Waals surface area contributed by atoms with Crippen molar-refractivity contribution in [3.63, 3.8) is 0 Å². The first-order valence-corrected chi connectivity index (χ1v) is 4.37. The predicted molar refractivity (Wildman–Crippen MR) is 48.1 cm³/mol. The van der Waals surface area contributed by atoms with E-state index in [0.29, 0.717) is 25.1 Å². The molecule has 0 aromatic rings. The van der Waals surface area contributed by atoms with Crippen molar-refractivity contribution in [1.82, 2.24) is 10.7 Å². The molecule has 0 saturated carbocycles. The van der Waals surface area contributed by atoms with Gasteiger partial charge in [-0.1, -0.05) is 6.92 Å². The Morgan fingerprint density at radius 2 is 2.38 bits per heavy atom. The smallest absolute Gasteiger partial charge is 0.267 e. The highest BCUT2D eigenvalue weighted by atomic mass is 16.2. The molecule has 0 saturated heterocycles. The van der Waals surface area contributed by atoms with Crippen LogP contribution in [0.3, 0.4) is 0 Å². The Morgan fingerprint density at radius 1 is 1.62 bits per heavy atom. The van der Waals surface area contributed by atoms with E-state index in [1.54, 1.807) is 0 Å². The first-order chi connectivity index (χ1) is 6.24.